The van der Waals surface area contributed by atoms with Gasteiger partial charge in [-0.2, -0.15) is 0 Å². The summed E-state index contributed by atoms with van der Waals surface area (Å²) in [6, 6.07) is 16.1. The van der Waals surface area contributed by atoms with Gasteiger partial charge < -0.3 is 4.90 Å². The largest absolute Gasteiger partial charge is 0.324 e. The summed E-state index contributed by atoms with van der Waals surface area (Å²) in [5, 5.41) is 0.625. The Labute approximate surface area is 204 Å². The molecule has 0 aromatic heterocycles. The van der Waals surface area contributed by atoms with Crippen LogP contribution in [-0.4, -0.2) is 32.4 Å². The van der Waals surface area contributed by atoms with Crippen LogP contribution >= 0.6 is 11.6 Å². The van der Waals surface area contributed by atoms with Crippen molar-refractivity contribution in [3.05, 3.63) is 88.2 Å². The molecule has 178 valence electrons. The number of anilines is 2. The quantitative estimate of drug-likeness (QED) is 0.469. The number of halogens is 2. The second-order valence-corrected chi connectivity index (χ2v) is 10.5. The van der Waals surface area contributed by atoms with Gasteiger partial charge in [0.05, 0.1) is 16.3 Å². The van der Waals surface area contributed by atoms with Gasteiger partial charge in [-0.3, -0.25) is 9.62 Å². The summed E-state index contributed by atoms with van der Waals surface area (Å²) in [5.41, 5.74) is 2.84. The van der Waals surface area contributed by atoms with Gasteiger partial charge in [-0.05, 0) is 73.4 Å². The monoisotopic (exact) mass is 501 g/mol. The highest BCUT2D eigenvalue weighted by Gasteiger charge is 2.29. The summed E-state index contributed by atoms with van der Waals surface area (Å²) in [7, 11) is -4.07. The van der Waals surface area contributed by atoms with Crippen molar-refractivity contribution < 1.29 is 17.6 Å². The van der Waals surface area contributed by atoms with Crippen LogP contribution < -0.4 is 9.62 Å². The Morgan fingerprint density at radius 3 is 2.44 bits per heavy atom. The van der Waals surface area contributed by atoms with Crippen LogP contribution in [0.1, 0.15) is 23.1 Å². The summed E-state index contributed by atoms with van der Waals surface area (Å²) >= 11 is 5.96. The lowest BCUT2D eigenvalue weighted by Gasteiger charge is -2.36. The number of amides is 2. The molecule has 4 rings (SSSR count). The first-order valence-corrected chi connectivity index (χ1v) is 12.7. The third kappa shape index (κ3) is 5.18. The van der Waals surface area contributed by atoms with E-state index >= 15 is 0 Å². The Morgan fingerprint density at radius 1 is 1.00 bits per heavy atom. The highest BCUT2D eigenvalue weighted by Crippen LogP contribution is 2.32. The van der Waals surface area contributed by atoms with Gasteiger partial charge in [0, 0.05) is 24.7 Å². The summed E-state index contributed by atoms with van der Waals surface area (Å²) < 4.78 is 42.6. The molecule has 0 spiro atoms. The van der Waals surface area contributed by atoms with Crippen molar-refractivity contribution in [3.63, 3.8) is 0 Å². The third-order valence-electron chi connectivity index (χ3n) is 5.74. The number of carbonyl (C=O) groups excluding carboxylic acids is 1. The summed E-state index contributed by atoms with van der Waals surface area (Å²) in [6.45, 7) is 4.86. The minimum atomic E-state index is -4.07. The van der Waals surface area contributed by atoms with E-state index in [0.717, 1.165) is 23.6 Å². The number of urea groups is 1. The summed E-state index contributed by atoms with van der Waals surface area (Å²) in [4.78, 5) is 16.5. The Bertz CT molecular complexity index is 1330. The lowest BCUT2D eigenvalue weighted by Crippen LogP contribution is -2.49. The normalized spacial score (nSPS) is 14.4. The Kier molecular flexibility index (Phi) is 6.81. The third-order valence-corrected chi connectivity index (χ3v) is 7.35. The van der Waals surface area contributed by atoms with Crippen molar-refractivity contribution in [2.24, 2.45) is 0 Å². The fourth-order valence-corrected chi connectivity index (χ4v) is 5.08. The van der Waals surface area contributed by atoms with E-state index in [0.29, 0.717) is 35.9 Å². The van der Waals surface area contributed by atoms with Gasteiger partial charge in [-0.1, -0.05) is 35.9 Å². The van der Waals surface area contributed by atoms with Gasteiger partial charge in [-0.25, -0.2) is 17.6 Å². The minimum absolute atomic E-state index is 0.183. The molecule has 0 radical (unpaired) electrons. The van der Waals surface area contributed by atoms with Crippen LogP contribution in [0.2, 0.25) is 5.02 Å². The van der Waals surface area contributed by atoms with E-state index in [9.17, 15) is 17.6 Å². The molecule has 0 saturated carbocycles. The molecule has 1 aliphatic rings. The first-order chi connectivity index (χ1) is 16.1. The number of rotatable bonds is 6. The molecule has 0 unspecified atom stereocenters. The standard InChI is InChI=1S/C25H25ClFN3O3S/c1-17-4-11-24(23(14-17)28-34(32,33)21-10-5-18(2)22(27)15-21)30-13-3-12-29(25(30)31)16-19-6-8-20(26)9-7-19/h4-11,14-15,28H,3,12-13,16H2,1-2H3. The molecule has 0 atom stereocenters. The molecule has 34 heavy (non-hydrogen) atoms. The van der Waals surface area contributed by atoms with E-state index in [1.54, 1.807) is 41.0 Å². The Balaban J connectivity index is 1.62. The molecule has 1 saturated heterocycles. The van der Waals surface area contributed by atoms with Crippen LogP contribution in [0.15, 0.2) is 65.6 Å². The average molecular weight is 502 g/mol. The fraction of sp³-hybridized carbons (Fsp3) is 0.240. The molecule has 0 bridgehead atoms. The Hall–Kier alpha value is -3.10. The van der Waals surface area contributed by atoms with Crippen LogP contribution in [-0.2, 0) is 16.6 Å². The maximum absolute atomic E-state index is 14.0. The zero-order valence-electron chi connectivity index (χ0n) is 18.9. The zero-order chi connectivity index (χ0) is 24.5. The molecule has 9 heteroatoms. The van der Waals surface area contributed by atoms with Gasteiger partial charge in [0.25, 0.3) is 10.0 Å². The lowest BCUT2D eigenvalue weighted by atomic mass is 10.1. The second kappa shape index (κ2) is 9.64. The summed E-state index contributed by atoms with van der Waals surface area (Å²) in [5.74, 6) is -0.601. The lowest BCUT2D eigenvalue weighted by molar-refractivity contribution is 0.192. The topological polar surface area (TPSA) is 69.7 Å². The number of hydrogen-bond donors (Lipinski definition) is 1. The molecule has 2 amide bonds. The highest BCUT2D eigenvalue weighted by molar-refractivity contribution is 7.92. The van der Waals surface area contributed by atoms with Crippen LogP contribution in [0.5, 0.6) is 0 Å². The Morgan fingerprint density at radius 2 is 1.74 bits per heavy atom. The van der Waals surface area contributed by atoms with E-state index in [-0.39, 0.29) is 16.6 Å². The van der Waals surface area contributed by atoms with E-state index in [1.165, 1.54) is 12.1 Å². The molecule has 1 fully saturated rings. The number of sulfonamides is 1. The average Bonchev–Trinajstić information content (AvgIpc) is 2.79. The smallest absolute Gasteiger partial charge is 0.320 e. The second-order valence-electron chi connectivity index (χ2n) is 8.37. The molecule has 3 aromatic rings. The van der Waals surface area contributed by atoms with Gasteiger partial charge in [0.1, 0.15) is 5.82 Å². The first-order valence-electron chi connectivity index (χ1n) is 10.8. The number of nitrogens with zero attached hydrogens (tertiary/aromatic N) is 2. The molecule has 1 heterocycles. The molecule has 3 aromatic carbocycles. The summed E-state index contributed by atoms with van der Waals surface area (Å²) in [6.07, 6.45) is 0.725. The van der Waals surface area contributed by atoms with Crippen LogP contribution in [0, 0.1) is 19.7 Å². The molecule has 6 nitrogen and oxygen atoms in total. The van der Waals surface area contributed by atoms with Crippen LogP contribution in [0.3, 0.4) is 0 Å². The SMILES string of the molecule is Cc1ccc(N2CCCN(Cc3ccc(Cl)cc3)C2=O)c(NS(=O)(=O)c2ccc(C)c(F)c2)c1. The van der Waals surface area contributed by atoms with Gasteiger partial charge in [-0.15, -0.1) is 0 Å². The predicted molar refractivity (Wildman–Crippen MR) is 132 cm³/mol. The number of carbonyl (C=O) groups is 1. The van der Waals surface area contributed by atoms with E-state index in [2.05, 4.69) is 4.72 Å². The molecular weight excluding hydrogens is 477 g/mol. The van der Waals surface area contributed by atoms with Crippen molar-refractivity contribution in [2.75, 3.05) is 22.7 Å². The van der Waals surface area contributed by atoms with Gasteiger partial charge >= 0.3 is 6.03 Å². The van der Waals surface area contributed by atoms with Crippen molar-refractivity contribution in [3.8, 4) is 0 Å². The van der Waals surface area contributed by atoms with Crippen molar-refractivity contribution in [2.45, 2.75) is 31.7 Å². The molecule has 0 aliphatic carbocycles. The van der Waals surface area contributed by atoms with E-state index in [4.69, 9.17) is 11.6 Å². The van der Waals surface area contributed by atoms with Gasteiger partial charge in [0.2, 0.25) is 0 Å². The number of hydrogen-bond acceptors (Lipinski definition) is 3. The highest BCUT2D eigenvalue weighted by atomic mass is 35.5. The predicted octanol–water partition coefficient (Wildman–Crippen LogP) is 5.73. The van der Waals surface area contributed by atoms with E-state index in [1.807, 2.05) is 25.1 Å². The van der Waals surface area contributed by atoms with Crippen LogP contribution in [0.4, 0.5) is 20.6 Å². The van der Waals surface area contributed by atoms with Crippen molar-refractivity contribution in [1.29, 1.82) is 0 Å². The molecule has 1 N–H and O–H groups in total. The number of benzene rings is 3. The minimum Gasteiger partial charge on any atom is -0.320 e. The van der Waals surface area contributed by atoms with Crippen LogP contribution in [0.25, 0.3) is 0 Å². The first kappa shape index (κ1) is 24.0. The maximum Gasteiger partial charge on any atom is 0.324 e. The molecular formula is C25H25ClFN3O3S. The fourth-order valence-electron chi connectivity index (χ4n) is 3.87. The van der Waals surface area contributed by atoms with Gasteiger partial charge in [0.15, 0.2) is 0 Å². The maximum atomic E-state index is 14.0. The van der Waals surface area contributed by atoms with Crippen molar-refractivity contribution >= 4 is 39.0 Å². The number of nitrogens with one attached hydrogen (secondary N) is 1. The van der Waals surface area contributed by atoms with E-state index < -0.39 is 15.8 Å². The zero-order valence-corrected chi connectivity index (χ0v) is 20.5. The molecule has 1 aliphatic heterocycles. The number of aryl methyl sites for hydroxylation is 2. The van der Waals surface area contributed by atoms with Crippen molar-refractivity contribution in [1.82, 2.24) is 4.90 Å².